The number of hydrogen-bond donors (Lipinski definition) is 0. The van der Waals surface area contributed by atoms with Crippen LogP contribution in [0.1, 0.15) is 15.2 Å². The van der Waals surface area contributed by atoms with E-state index in [1.54, 1.807) is 6.07 Å². The van der Waals surface area contributed by atoms with E-state index in [1.165, 1.54) is 18.4 Å². The van der Waals surface area contributed by atoms with E-state index >= 15 is 0 Å². The zero-order valence-electron chi connectivity index (χ0n) is 7.48. The number of ether oxygens (including phenoxy) is 2. The first-order chi connectivity index (χ1) is 6.74. The van der Waals surface area contributed by atoms with Gasteiger partial charge in [0.2, 0.25) is 11.9 Å². The van der Waals surface area contributed by atoms with E-state index in [0.29, 0.717) is 12.2 Å². The fourth-order valence-electron chi connectivity index (χ4n) is 1.33. The SMILES string of the molecule is COC(=O)C1OCc2sccc2C1=O. The van der Waals surface area contributed by atoms with Crippen LogP contribution in [0.4, 0.5) is 0 Å². The number of carbonyl (C=O) groups is 2. The number of thiophene rings is 1. The molecule has 0 aliphatic carbocycles. The maximum Gasteiger partial charge on any atom is 0.343 e. The minimum Gasteiger partial charge on any atom is -0.467 e. The standard InChI is InChI=1S/C9H8O4S/c1-12-9(11)8-7(10)5-2-3-14-6(5)4-13-8/h2-3,8H,4H2,1H3. The summed E-state index contributed by atoms with van der Waals surface area (Å²) in [5, 5.41) is 1.81. The molecule has 0 amide bonds. The first-order valence-corrected chi connectivity index (χ1v) is 4.92. The summed E-state index contributed by atoms with van der Waals surface area (Å²) in [6, 6.07) is 1.71. The topological polar surface area (TPSA) is 52.6 Å². The summed E-state index contributed by atoms with van der Waals surface area (Å²) in [7, 11) is 1.24. The van der Waals surface area contributed by atoms with Gasteiger partial charge in [0.25, 0.3) is 0 Å². The fraction of sp³-hybridized carbons (Fsp3) is 0.333. The molecule has 5 heteroatoms. The lowest BCUT2D eigenvalue weighted by Gasteiger charge is -2.19. The van der Waals surface area contributed by atoms with Gasteiger partial charge in [0.15, 0.2) is 0 Å². The third kappa shape index (κ3) is 1.34. The van der Waals surface area contributed by atoms with Gasteiger partial charge in [-0.1, -0.05) is 0 Å². The molecule has 0 spiro atoms. The Bertz CT molecular complexity index is 382. The molecule has 4 nitrogen and oxygen atoms in total. The molecule has 2 rings (SSSR count). The van der Waals surface area contributed by atoms with Crippen LogP contribution >= 0.6 is 11.3 Å². The third-order valence-corrected chi connectivity index (χ3v) is 2.94. The minimum absolute atomic E-state index is 0.304. The molecule has 0 saturated heterocycles. The Morgan fingerprint density at radius 3 is 3.21 bits per heavy atom. The second kappa shape index (κ2) is 3.51. The second-order valence-electron chi connectivity index (χ2n) is 2.84. The smallest absolute Gasteiger partial charge is 0.343 e. The number of esters is 1. The molecule has 1 aliphatic heterocycles. The summed E-state index contributed by atoms with van der Waals surface area (Å²) >= 11 is 1.45. The first-order valence-electron chi connectivity index (χ1n) is 4.04. The molecule has 0 saturated carbocycles. The van der Waals surface area contributed by atoms with Crippen molar-refractivity contribution in [3.05, 3.63) is 21.9 Å². The Hall–Kier alpha value is -1.20. The number of methoxy groups -OCH3 is 1. The van der Waals surface area contributed by atoms with Crippen LogP contribution in [0.2, 0.25) is 0 Å². The number of Topliss-reactive ketones (excluding diaryl/α,β-unsaturated/α-hetero) is 1. The van der Waals surface area contributed by atoms with Gasteiger partial charge < -0.3 is 9.47 Å². The predicted octanol–water partition coefficient (Wildman–Crippen LogP) is 1.00. The third-order valence-electron chi connectivity index (χ3n) is 2.05. The number of hydrogen-bond acceptors (Lipinski definition) is 5. The van der Waals surface area contributed by atoms with E-state index in [9.17, 15) is 9.59 Å². The van der Waals surface area contributed by atoms with Gasteiger partial charge in [0.1, 0.15) is 0 Å². The van der Waals surface area contributed by atoms with Crippen molar-refractivity contribution in [2.75, 3.05) is 7.11 Å². The zero-order chi connectivity index (χ0) is 10.1. The molecule has 1 aromatic rings. The van der Waals surface area contributed by atoms with E-state index < -0.39 is 12.1 Å². The molecule has 0 fully saturated rings. The van der Waals surface area contributed by atoms with E-state index in [4.69, 9.17) is 4.74 Å². The number of carbonyl (C=O) groups excluding carboxylic acids is 2. The molecular formula is C9H8O4S. The fourth-order valence-corrected chi connectivity index (χ4v) is 2.13. The van der Waals surface area contributed by atoms with Gasteiger partial charge in [-0.05, 0) is 11.4 Å². The van der Waals surface area contributed by atoms with Crippen molar-refractivity contribution in [1.82, 2.24) is 0 Å². The average molecular weight is 212 g/mol. The van der Waals surface area contributed by atoms with Gasteiger partial charge >= 0.3 is 5.97 Å². The van der Waals surface area contributed by atoms with Crippen LogP contribution in [-0.2, 0) is 20.9 Å². The highest BCUT2D eigenvalue weighted by Crippen LogP contribution is 2.25. The van der Waals surface area contributed by atoms with Crippen molar-refractivity contribution in [3.63, 3.8) is 0 Å². The maximum absolute atomic E-state index is 11.7. The Balaban J connectivity index is 2.30. The van der Waals surface area contributed by atoms with Gasteiger partial charge in [0.05, 0.1) is 13.7 Å². The van der Waals surface area contributed by atoms with Gasteiger partial charge in [-0.2, -0.15) is 0 Å². The summed E-state index contributed by atoms with van der Waals surface area (Å²) in [6.45, 7) is 0.304. The normalized spacial score (nSPS) is 20.4. The maximum atomic E-state index is 11.7. The molecule has 74 valence electrons. The molecule has 0 radical (unpaired) electrons. The van der Waals surface area contributed by atoms with E-state index in [2.05, 4.69) is 4.74 Å². The monoisotopic (exact) mass is 212 g/mol. The summed E-state index contributed by atoms with van der Waals surface area (Å²) in [5.41, 5.74) is 0.580. The van der Waals surface area contributed by atoms with Gasteiger partial charge in [-0.15, -0.1) is 11.3 Å². The van der Waals surface area contributed by atoms with Crippen molar-refractivity contribution < 1.29 is 19.1 Å². The second-order valence-corrected chi connectivity index (χ2v) is 3.84. The molecular weight excluding hydrogens is 204 g/mol. The Morgan fingerprint density at radius 1 is 1.71 bits per heavy atom. The van der Waals surface area contributed by atoms with Crippen LogP contribution in [0, 0.1) is 0 Å². The molecule has 0 bridgehead atoms. The minimum atomic E-state index is -1.08. The van der Waals surface area contributed by atoms with Gasteiger partial charge in [-0.3, -0.25) is 4.79 Å². The van der Waals surface area contributed by atoms with Crippen LogP contribution in [0.25, 0.3) is 0 Å². The Kier molecular flexibility index (Phi) is 2.35. The summed E-state index contributed by atoms with van der Waals surface area (Å²) < 4.78 is 9.58. The summed E-state index contributed by atoms with van der Waals surface area (Å²) in [5.74, 6) is -0.939. The zero-order valence-corrected chi connectivity index (χ0v) is 8.30. The van der Waals surface area contributed by atoms with Crippen molar-refractivity contribution in [2.24, 2.45) is 0 Å². The lowest BCUT2D eigenvalue weighted by molar-refractivity contribution is -0.151. The average Bonchev–Trinajstić information content (AvgIpc) is 2.66. The summed E-state index contributed by atoms with van der Waals surface area (Å²) in [4.78, 5) is 23.7. The van der Waals surface area contributed by atoms with E-state index in [1.807, 2.05) is 5.38 Å². The molecule has 2 heterocycles. The van der Waals surface area contributed by atoms with Crippen LogP contribution in [0.15, 0.2) is 11.4 Å². The number of ketones is 1. The molecule has 0 aromatic carbocycles. The highest BCUT2D eigenvalue weighted by Gasteiger charge is 2.35. The largest absolute Gasteiger partial charge is 0.467 e. The van der Waals surface area contributed by atoms with Gasteiger partial charge in [0, 0.05) is 10.4 Å². The van der Waals surface area contributed by atoms with Crippen molar-refractivity contribution in [1.29, 1.82) is 0 Å². The highest BCUT2D eigenvalue weighted by atomic mass is 32.1. The molecule has 14 heavy (non-hydrogen) atoms. The molecule has 1 unspecified atom stereocenters. The van der Waals surface area contributed by atoms with Crippen LogP contribution < -0.4 is 0 Å². The lowest BCUT2D eigenvalue weighted by atomic mass is 10.1. The lowest BCUT2D eigenvalue weighted by Crippen LogP contribution is -2.37. The van der Waals surface area contributed by atoms with Crippen LogP contribution in [0.3, 0.4) is 0 Å². The van der Waals surface area contributed by atoms with Crippen LogP contribution in [0.5, 0.6) is 0 Å². The predicted molar refractivity (Wildman–Crippen MR) is 49.2 cm³/mol. The Morgan fingerprint density at radius 2 is 2.50 bits per heavy atom. The highest BCUT2D eigenvalue weighted by molar-refractivity contribution is 7.10. The Labute approximate surface area is 84.4 Å². The van der Waals surface area contributed by atoms with Crippen LogP contribution in [-0.4, -0.2) is 25.0 Å². The van der Waals surface area contributed by atoms with E-state index in [0.717, 1.165) is 4.88 Å². The van der Waals surface area contributed by atoms with Crippen molar-refractivity contribution >= 4 is 23.1 Å². The van der Waals surface area contributed by atoms with Crippen molar-refractivity contribution in [2.45, 2.75) is 12.7 Å². The molecule has 0 N–H and O–H groups in total. The van der Waals surface area contributed by atoms with E-state index in [-0.39, 0.29) is 5.78 Å². The van der Waals surface area contributed by atoms with Gasteiger partial charge in [-0.25, -0.2) is 4.79 Å². The van der Waals surface area contributed by atoms with Crippen molar-refractivity contribution in [3.8, 4) is 0 Å². The number of rotatable bonds is 1. The molecule has 1 aromatic heterocycles. The number of fused-ring (bicyclic) bond motifs is 1. The summed E-state index contributed by atoms with van der Waals surface area (Å²) in [6.07, 6.45) is -1.08. The molecule has 1 aliphatic rings. The quantitative estimate of drug-likeness (QED) is 0.515. The molecule has 1 atom stereocenters. The first kappa shape index (κ1) is 9.36.